The van der Waals surface area contributed by atoms with Crippen LogP contribution in [-0.2, 0) is 9.53 Å². The molecule has 136 valence electrons. The summed E-state index contributed by atoms with van der Waals surface area (Å²) in [6.45, 7) is 0.930. The largest absolute Gasteiger partial charge is 0.496 e. The van der Waals surface area contributed by atoms with E-state index in [1.54, 1.807) is 12.1 Å². The molecule has 1 amide bonds. The summed E-state index contributed by atoms with van der Waals surface area (Å²) in [6.07, 6.45) is 0. The molecule has 0 bridgehead atoms. The lowest BCUT2D eigenvalue weighted by atomic mass is 10.1. The number of nitrogens with two attached hydrogens (primary N) is 1. The van der Waals surface area contributed by atoms with Gasteiger partial charge in [0.1, 0.15) is 11.3 Å². The van der Waals surface area contributed by atoms with Crippen LogP contribution in [0, 0.1) is 0 Å². The van der Waals surface area contributed by atoms with Gasteiger partial charge in [0.25, 0.3) is 0 Å². The van der Waals surface area contributed by atoms with Crippen LogP contribution in [-0.4, -0.2) is 31.4 Å². The molecule has 8 heteroatoms. The van der Waals surface area contributed by atoms with Crippen LogP contribution in [0.2, 0.25) is 5.02 Å². The number of rotatable bonds is 6. The number of hydrogen-bond donors (Lipinski definition) is 2. The van der Waals surface area contributed by atoms with Crippen molar-refractivity contribution in [2.75, 3.05) is 24.8 Å². The minimum atomic E-state index is -0.757. The van der Waals surface area contributed by atoms with Gasteiger partial charge in [-0.3, -0.25) is 9.59 Å². The number of nitrogens with one attached hydrogen (secondary N) is 1. The summed E-state index contributed by atoms with van der Waals surface area (Å²) in [4.78, 5) is 35.3. The number of ether oxygens (including phenoxy) is 2. The number of nitrogen functional groups attached to an aromatic ring is 1. The number of carbonyl (C=O) groups is 3. The molecule has 0 aliphatic heterocycles. The fraction of sp³-hybridized carbons (Fsp3) is 0.167. The third kappa shape index (κ3) is 4.73. The highest BCUT2D eigenvalue weighted by Crippen LogP contribution is 2.29. The lowest BCUT2D eigenvalue weighted by Gasteiger charge is -2.10. The van der Waals surface area contributed by atoms with Crippen LogP contribution in [0.15, 0.2) is 36.4 Å². The molecule has 0 aliphatic rings. The molecule has 26 heavy (non-hydrogen) atoms. The Morgan fingerprint density at radius 3 is 2.38 bits per heavy atom. The van der Waals surface area contributed by atoms with Gasteiger partial charge in [0.05, 0.1) is 17.8 Å². The van der Waals surface area contributed by atoms with Crippen molar-refractivity contribution >= 4 is 40.6 Å². The van der Waals surface area contributed by atoms with Crippen molar-refractivity contribution in [2.24, 2.45) is 0 Å². The average Bonchev–Trinajstić information content (AvgIpc) is 2.61. The molecule has 0 saturated carbocycles. The molecular formula is C18H17ClN2O5. The third-order valence-corrected chi connectivity index (χ3v) is 3.73. The van der Waals surface area contributed by atoms with Crippen LogP contribution in [0.4, 0.5) is 11.4 Å². The molecule has 0 radical (unpaired) electrons. The highest BCUT2D eigenvalue weighted by molar-refractivity contribution is 6.33. The first kappa shape index (κ1) is 19.3. The summed E-state index contributed by atoms with van der Waals surface area (Å²) in [6, 6.07) is 8.95. The van der Waals surface area contributed by atoms with E-state index in [0.717, 1.165) is 0 Å². The molecule has 0 saturated heterocycles. The zero-order valence-corrected chi connectivity index (χ0v) is 14.9. The second kappa shape index (κ2) is 8.35. The van der Waals surface area contributed by atoms with Gasteiger partial charge in [-0.1, -0.05) is 11.6 Å². The molecule has 0 spiro atoms. The summed E-state index contributed by atoms with van der Waals surface area (Å²) >= 11 is 5.91. The van der Waals surface area contributed by atoms with Gasteiger partial charge in [0, 0.05) is 24.2 Å². The summed E-state index contributed by atoms with van der Waals surface area (Å²) in [5.41, 5.74) is 6.90. The summed E-state index contributed by atoms with van der Waals surface area (Å²) < 4.78 is 10.1. The number of ketones is 1. The number of methoxy groups -OCH3 is 1. The molecule has 0 fully saturated rings. The minimum absolute atomic E-state index is 0.0699. The molecule has 0 atom stereocenters. The van der Waals surface area contributed by atoms with E-state index in [9.17, 15) is 14.4 Å². The van der Waals surface area contributed by atoms with Crippen molar-refractivity contribution in [3.8, 4) is 5.75 Å². The van der Waals surface area contributed by atoms with Gasteiger partial charge in [0.2, 0.25) is 5.91 Å². The van der Waals surface area contributed by atoms with Gasteiger partial charge >= 0.3 is 5.97 Å². The number of Topliss-reactive ketones (excluding diaryl/α,β-unsaturated/α-hetero) is 1. The van der Waals surface area contributed by atoms with E-state index in [0.29, 0.717) is 11.3 Å². The highest BCUT2D eigenvalue weighted by Gasteiger charge is 2.18. The summed E-state index contributed by atoms with van der Waals surface area (Å²) in [7, 11) is 1.38. The molecule has 2 aromatic rings. The first-order chi connectivity index (χ1) is 12.3. The van der Waals surface area contributed by atoms with E-state index >= 15 is 0 Å². The van der Waals surface area contributed by atoms with Crippen LogP contribution < -0.4 is 15.8 Å². The Balaban J connectivity index is 2.04. The quantitative estimate of drug-likeness (QED) is 0.456. The molecule has 0 aliphatic carbocycles. The lowest BCUT2D eigenvalue weighted by Crippen LogP contribution is -2.15. The Morgan fingerprint density at radius 2 is 1.81 bits per heavy atom. The molecule has 3 N–H and O–H groups in total. The standard InChI is InChI=1S/C18H17ClN2O5/c1-10(22)21-12-5-3-11(4-6-12)16(23)9-26-18(24)13-7-14(19)15(20)8-17(13)25-2/h3-8H,9,20H2,1-2H3,(H,21,22). The predicted octanol–water partition coefficient (Wildman–Crippen LogP) is 2.93. The van der Waals surface area contributed by atoms with Crippen LogP contribution in [0.5, 0.6) is 5.75 Å². The fourth-order valence-corrected chi connectivity index (χ4v) is 2.30. The predicted molar refractivity (Wildman–Crippen MR) is 97.8 cm³/mol. The first-order valence-corrected chi connectivity index (χ1v) is 7.90. The van der Waals surface area contributed by atoms with Gasteiger partial charge in [-0.15, -0.1) is 0 Å². The Bertz CT molecular complexity index is 849. The number of anilines is 2. The van der Waals surface area contributed by atoms with Crippen molar-refractivity contribution in [1.29, 1.82) is 0 Å². The molecule has 2 rings (SSSR count). The second-order valence-electron chi connectivity index (χ2n) is 5.33. The van der Waals surface area contributed by atoms with Gasteiger partial charge < -0.3 is 20.5 Å². The van der Waals surface area contributed by atoms with Crippen LogP contribution >= 0.6 is 11.6 Å². The van der Waals surface area contributed by atoms with Crippen molar-refractivity contribution < 1.29 is 23.9 Å². The maximum absolute atomic E-state index is 12.2. The van der Waals surface area contributed by atoms with Crippen molar-refractivity contribution in [3.05, 3.63) is 52.5 Å². The topological polar surface area (TPSA) is 108 Å². The Labute approximate surface area is 155 Å². The monoisotopic (exact) mass is 376 g/mol. The number of esters is 1. The van der Waals surface area contributed by atoms with E-state index in [4.69, 9.17) is 26.8 Å². The van der Waals surface area contributed by atoms with Gasteiger partial charge in [-0.25, -0.2) is 4.79 Å². The maximum atomic E-state index is 12.2. The van der Waals surface area contributed by atoms with E-state index in [1.807, 2.05) is 0 Å². The highest BCUT2D eigenvalue weighted by atomic mass is 35.5. The summed E-state index contributed by atoms with van der Waals surface area (Å²) in [5, 5.41) is 2.77. The molecule has 0 unspecified atom stereocenters. The Kier molecular flexibility index (Phi) is 6.19. The fourth-order valence-electron chi connectivity index (χ4n) is 2.13. The van der Waals surface area contributed by atoms with Crippen molar-refractivity contribution in [3.63, 3.8) is 0 Å². The normalized spacial score (nSPS) is 10.1. The van der Waals surface area contributed by atoms with Crippen molar-refractivity contribution in [1.82, 2.24) is 0 Å². The molecule has 2 aromatic carbocycles. The van der Waals surface area contributed by atoms with E-state index < -0.39 is 18.4 Å². The third-order valence-electron chi connectivity index (χ3n) is 3.40. The maximum Gasteiger partial charge on any atom is 0.342 e. The average molecular weight is 377 g/mol. The summed E-state index contributed by atoms with van der Waals surface area (Å²) in [5.74, 6) is -1.17. The molecule has 0 aromatic heterocycles. The SMILES string of the molecule is COc1cc(N)c(Cl)cc1C(=O)OCC(=O)c1ccc(NC(C)=O)cc1. The number of amides is 1. The number of hydrogen-bond acceptors (Lipinski definition) is 6. The van der Waals surface area contributed by atoms with Crippen molar-refractivity contribution in [2.45, 2.75) is 6.92 Å². The smallest absolute Gasteiger partial charge is 0.342 e. The van der Waals surface area contributed by atoms with E-state index in [-0.39, 0.29) is 27.9 Å². The Hall–Kier alpha value is -3.06. The zero-order chi connectivity index (χ0) is 19.3. The van der Waals surface area contributed by atoms with Crippen LogP contribution in [0.1, 0.15) is 27.6 Å². The molecule has 0 heterocycles. The molecule has 7 nitrogen and oxygen atoms in total. The minimum Gasteiger partial charge on any atom is -0.496 e. The Morgan fingerprint density at radius 1 is 1.15 bits per heavy atom. The first-order valence-electron chi connectivity index (χ1n) is 7.52. The van der Waals surface area contributed by atoms with Crippen LogP contribution in [0.25, 0.3) is 0 Å². The van der Waals surface area contributed by atoms with Gasteiger partial charge in [-0.05, 0) is 30.3 Å². The number of halogens is 1. The van der Waals surface area contributed by atoms with Gasteiger partial charge in [-0.2, -0.15) is 0 Å². The molecular weight excluding hydrogens is 360 g/mol. The zero-order valence-electron chi connectivity index (χ0n) is 14.2. The number of carbonyl (C=O) groups excluding carboxylic acids is 3. The second-order valence-corrected chi connectivity index (χ2v) is 5.74. The number of benzene rings is 2. The van der Waals surface area contributed by atoms with Gasteiger partial charge in [0.15, 0.2) is 12.4 Å². The van der Waals surface area contributed by atoms with Crippen LogP contribution in [0.3, 0.4) is 0 Å². The lowest BCUT2D eigenvalue weighted by molar-refractivity contribution is -0.114. The van der Waals surface area contributed by atoms with E-state index in [1.165, 1.54) is 38.3 Å². The van der Waals surface area contributed by atoms with E-state index in [2.05, 4.69) is 5.32 Å².